The van der Waals surface area contributed by atoms with Gasteiger partial charge < -0.3 is 10.4 Å². The molecule has 6 nitrogen and oxygen atoms in total. The quantitative estimate of drug-likeness (QED) is 0.893. The van der Waals surface area contributed by atoms with Crippen LogP contribution in [0.15, 0.2) is 42.9 Å². The van der Waals surface area contributed by atoms with Crippen LogP contribution in [0.4, 0.5) is 0 Å². The van der Waals surface area contributed by atoms with E-state index in [0.717, 1.165) is 12.1 Å². The first-order valence-corrected chi connectivity index (χ1v) is 6.76. The maximum absolute atomic E-state index is 12.4. The minimum Gasteiger partial charge on any atom is -0.480 e. The Hall–Kier alpha value is -2.63. The number of carbonyl (C=O) groups is 2. The number of rotatable bonds is 4. The van der Waals surface area contributed by atoms with Crippen LogP contribution in [0, 0.1) is 0 Å². The molecule has 1 aliphatic rings. The lowest BCUT2D eigenvalue weighted by atomic mass is 9.76. The van der Waals surface area contributed by atoms with Crippen LogP contribution in [0.25, 0.3) is 5.69 Å². The van der Waals surface area contributed by atoms with Crippen molar-refractivity contribution in [2.24, 2.45) is 0 Å². The van der Waals surface area contributed by atoms with Crippen LogP contribution in [0.3, 0.4) is 0 Å². The van der Waals surface area contributed by atoms with Crippen LogP contribution in [0.2, 0.25) is 0 Å². The van der Waals surface area contributed by atoms with Gasteiger partial charge in [0, 0.05) is 5.69 Å². The number of imidazole rings is 1. The SMILES string of the molecule is O=C(NC1(C(=O)O)CCC1)c1cncn1-c1ccccc1. The first-order chi connectivity index (χ1) is 10.1. The molecule has 6 heteroatoms. The largest absolute Gasteiger partial charge is 0.480 e. The average Bonchev–Trinajstić information content (AvgIpc) is 2.92. The Morgan fingerprint density at radius 1 is 1.24 bits per heavy atom. The average molecular weight is 285 g/mol. The fourth-order valence-electron chi connectivity index (χ4n) is 2.46. The van der Waals surface area contributed by atoms with Crippen molar-refractivity contribution in [3.63, 3.8) is 0 Å². The van der Waals surface area contributed by atoms with E-state index in [1.165, 1.54) is 6.20 Å². The van der Waals surface area contributed by atoms with Gasteiger partial charge in [0.2, 0.25) is 0 Å². The van der Waals surface area contributed by atoms with E-state index in [2.05, 4.69) is 10.3 Å². The van der Waals surface area contributed by atoms with E-state index in [1.807, 2.05) is 30.3 Å². The summed E-state index contributed by atoms with van der Waals surface area (Å²) in [6, 6.07) is 9.32. The number of para-hydroxylation sites is 1. The van der Waals surface area contributed by atoms with E-state index in [4.69, 9.17) is 0 Å². The molecule has 0 spiro atoms. The lowest BCUT2D eigenvalue weighted by molar-refractivity contribution is -0.148. The monoisotopic (exact) mass is 285 g/mol. The smallest absolute Gasteiger partial charge is 0.329 e. The molecule has 0 aliphatic heterocycles. The summed E-state index contributed by atoms with van der Waals surface area (Å²) in [6.07, 6.45) is 4.72. The van der Waals surface area contributed by atoms with Gasteiger partial charge in [-0.3, -0.25) is 9.36 Å². The summed E-state index contributed by atoms with van der Waals surface area (Å²) in [4.78, 5) is 27.7. The van der Waals surface area contributed by atoms with E-state index in [0.29, 0.717) is 18.5 Å². The van der Waals surface area contributed by atoms with Gasteiger partial charge in [0.05, 0.1) is 12.5 Å². The van der Waals surface area contributed by atoms with Crippen LogP contribution in [0.1, 0.15) is 29.8 Å². The molecule has 1 fully saturated rings. The van der Waals surface area contributed by atoms with Crippen molar-refractivity contribution in [2.75, 3.05) is 0 Å². The summed E-state index contributed by atoms with van der Waals surface area (Å²) in [5.74, 6) is -1.40. The molecule has 1 saturated carbocycles. The summed E-state index contributed by atoms with van der Waals surface area (Å²) < 4.78 is 1.64. The second-order valence-electron chi connectivity index (χ2n) is 5.18. The van der Waals surface area contributed by atoms with Crippen LogP contribution in [-0.2, 0) is 4.79 Å². The van der Waals surface area contributed by atoms with Gasteiger partial charge in [0.15, 0.2) is 0 Å². The number of benzene rings is 1. The van der Waals surface area contributed by atoms with Crippen LogP contribution in [-0.4, -0.2) is 32.1 Å². The van der Waals surface area contributed by atoms with E-state index in [9.17, 15) is 14.7 Å². The summed E-state index contributed by atoms with van der Waals surface area (Å²) in [7, 11) is 0. The van der Waals surface area contributed by atoms with E-state index < -0.39 is 17.4 Å². The molecule has 1 heterocycles. The van der Waals surface area contributed by atoms with Gasteiger partial charge >= 0.3 is 5.97 Å². The van der Waals surface area contributed by atoms with Crippen molar-refractivity contribution >= 4 is 11.9 Å². The van der Waals surface area contributed by atoms with Crippen molar-refractivity contribution in [1.82, 2.24) is 14.9 Å². The van der Waals surface area contributed by atoms with Gasteiger partial charge in [-0.15, -0.1) is 0 Å². The molecule has 0 unspecified atom stereocenters. The number of carboxylic acids is 1. The number of hydrogen-bond acceptors (Lipinski definition) is 3. The summed E-state index contributed by atoms with van der Waals surface area (Å²) in [5.41, 5.74) is 0.00920. The highest BCUT2D eigenvalue weighted by Crippen LogP contribution is 2.32. The zero-order chi connectivity index (χ0) is 14.9. The molecular weight excluding hydrogens is 270 g/mol. The molecule has 0 bridgehead atoms. The van der Waals surface area contributed by atoms with E-state index in [-0.39, 0.29) is 0 Å². The number of nitrogens with zero attached hydrogens (tertiary/aromatic N) is 2. The van der Waals surface area contributed by atoms with Gasteiger partial charge in [-0.25, -0.2) is 9.78 Å². The van der Waals surface area contributed by atoms with Gasteiger partial charge in [0.1, 0.15) is 11.2 Å². The highest BCUT2D eigenvalue weighted by Gasteiger charge is 2.46. The lowest BCUT2D eigenvalue weighted by Crippen LogP contribution is -2.59. The van der Waals surface area contributed by atoms with Crippen molar-refractivity contribution < 1.29 is 14.7 Å². The maximum Gasteiger partial charge on any atom is 0.329 e. The molecule has 21 heavy (non-hydrogen) atoms. The van der Waals surface area contributed by atoms with Gasteiger partial charge in [-0.2, -0.15) is 0 Å². The molecule has 0 radical (unpaired) electrons. The molecule has 1 aromatic heterocycles. The Balaban J connectivity index is 1.87. The van der Waals surface area contributed by atoms with Crippen LogP contribution < -0.4 is 5.32 Å². The minimum atomic E-state index is -1.12. The number of nitrogens with one attached hydrogen (secondary N) is 1. The zero-order valence-corrected chi connectivity index (χ0v) is 11.3. The fourth-order valence-corrected chi connectivity index (χ4v) is 2.46. The number of carbonyl (C=O) groups excluding carboxylic acids is 1. The number of carboxylic acid groups (broad SMARTS) is 1. The number of hydrogen-bond donors (Lipinski definition) is 2. The first kappa shape index (κ1) is 13.4. The predicted molar refractivity (Wildman–Crippen MR) is 75.2 cm³/mol. The highest BCUT2D eigenvalue weighted by atomic mass is 16.4. The normalized spacial score (nSPS) is 16.0. The number of aromatic nitrogens is 2. The highest BCUT2D eigenvalue weighted by molar-refractivity contribution is 5.97. The second kappa shape index (κ2) is 5.05. The van der Waals surface area contributed by atoms with Crippen molar-refractivity contribution in [2.45, 2.75) is 24.8 Å². The standard InChI is InChI=1S/C15H15N3O3/c19-13(17-15(14(20)21)7-4-8-15)12-9-16-10-18(12)11-5-2-1-3-6-11/h1-3,5-6,9-10H,4,7-8H2,(H,17,19)(H,20,21). The topological polar surface area (TPSA) is 84.2 Å². The molecular formula is C15H15N3O3. The van der Waals surface area contributed by atoms with Crippen molar-refractivity contribution in [1.29, 1.82) is 0 Å². The molecule has 3 rings (SSSR count). The lowest BCUT2D eigenvalue weighted by Gasteiger charge is -2.38. The Morgan fingerprint density at radius 3 is 2.52 bits per heavy atom. The second-order valence-corrected chi connectivity index (χ2v) is 5.18. The summed E-state index contributed by atoms with van der Waals surface area (Å²) in [5, 5.41) is 11.9. The van der Waals surface area contributed by atoms with Crippen molar-refractivity contribution in [3.05, 3.63) is 48.5 Å². The van der Waals surface area contributed by atoms with Gasteiger partial charge in [0.25, 0.3) is 5.91 Å². The first-order valence-electron chi connectivity index (χ1n) is 6.76. The molecule has 2 N–H and O–H groups in total. The molecule has 1 aliphatic carbocycles. The zero-order valence-electron chi connectivity index (χ0n) is 11.3. The van der Waals surface area contributed by atoms with E-state index >= 15 is 0 Å². The van der Waals surface area contributed by atoms with E-state index in [1.54, 1.807) is 10.9 Å². The molecule has 0 atom stereocenters. The van der Waals surface area contributed by atoms with Gasteiger partial charge in [-0.05, 0) is 31.4 Å². The van der Waals surface area contributed by atoms with Crippen molar-refractivity contribution in [3.8, 4) is 5.69 Å². The van der Waals surface area contributed by atoms with Gasteiger partial charge in [-0.1, -0.05) is 18.2 Å². The third-order valence-corrected chi connectivity index (χ3v) is 3.87. The Bertz CT molecular complexity index is 674. The molecule has 0 saturated heterocycles. The summed E-state index contributed by atoms with van der Waals surface area (Å²) in [6.45, 7) is 0. The maximum atomic E-state index is 12.4. The molecule has 2 aromatic rings. The van der Waals surface area contributed by atoms with Crippen LogP contribution >= 0.6 is 0 Å². The Morgan fingerprint density at radius 2 is 1.95 bits per heavy atom. The predicted octanol–water partition coefficient (Wildman–Crippen LogP) is 1.61. The number of amides is 1. The molecule has 108 valence electrons. The third-order valence-electron chi connectivity index (χ3n) is 3.87. The minimum absolute atomic E-state index is 0.328. The third kappa shape index (κ3) is 2.29. The molecule has 1 aromatic carbocycles. The number of aliphatic carboxylic acids is 1. The fraction of sp³-hybridized carbons (Fsp3) is 0.267. The Kier molecular flexibility index (Phi) is 3.21. The summed E-state index contributed by atoms with van der Waals surface area (Å²) >= 11 is 0. The van der Waals surface area contributed by atoms with Crippen LogP contribution in [0.5, 0.6) is 0 Å². The molecule has 1 amide bonds. The Labute approximate surface area is 121 Å².